The first kappa shape index (κ1) is 19.5. The molecule has 158 valence electrons. The van der Waals surface area contributed by atoms with Gasteiger partial charge in [-0.1, -0.05) is 23.8 Å². The maximum Gasteiger partial charge on any atom is 0.224 e. The Kier molecular flexibility index (Phi) is 5.26. The van der Waals surface area contributed by atoms with E-state index in [1.165, 1.54) is 6.33 Å². The number of ether oxygens (including phenoxy) is 2. The zero-order valence-corrected chi connectivity index (χ0v) is 17.3. The maximum atomic E-state index is 14.9. The van der Waals surface area contributed by atoms with Crippen molar-refractivity contribution >= 4 is 23.3 Å². The SMILES string of the molecule is CC1=Cc2c(ccc(Oc3cc(Nc4cccc(N5CCOCC5)c4)ncn3)c2F)C1. The Morgan fingerprint density at radius 3 is 2.84 bits per heavy atom. The first-order valence-corrected chi connectivity index (χ1v) is 10.3. The molecule has 1 aliphatic heterocycles. The van der Waals surface area contributed by atoms with Gasteiger partial charge in [0.1, 0.15) is 12.1 Å². The lowest BCUT2D eigenvalue weighted by atomic mass is 10.1. The van der Waals surface area contributed by atoms with Gasteiger partial charge in [0.2, 0.25) is 5.88 Å². The Labute approximate surface area is 180 Å². The van der Waals surface area contributed by atoms with Gasteiger partial charge < -0.3 is 19.7 Å². The quantitative estimate of drug-likeness (QED) is 0.633. The molecule has 1 aliphatic carbocycles. The maximum absolute atomic E-state index is 14.9. The molecule has 1 aromatic heterocycles. The molecule has 3 aromatic rings. The summed E-state index contributed by atoms with van der Waals surface area (Å²) in [7, 11) is 0. The molecule has 0 spiro atoms. The highest BCUT2D eigenvalue weighted by Crippen LogP contribution is 2.34. The molecule has 5 rings (SSSR count). The van der Waals surface area contributed by atoms with Gasteiger partial charge in [0.05, 0.1) is 13.2 Å². The highest BCUT2D eigenvalue weighted by molar-refractivity contribution is 5.66. The average molecular weight is 418 g/mol. The molecule has 0 unspecified atom stereocenters. The Bertz CT molecular complexity index is 1140. The number of nitrogens with zero attached hydrogens (tertiary/aromatic N) is 3. The molecule has 0 saturated carbocycles. The number of morpholine rings is 1. The lowest BCUT2D eigenvalue weighted by molar-refractivity contribution is 0.122. The molecule has 1 fully saturated rings. The van der Waals surface area contributed by atoms with Crippen LogP contribution in [0, 0.1) is 5.82 Å². The second kappa shape index (κ2) is 8.35. The number of nitrogens with one attached hydrogen (secondary N) is 1. The summed E-state index contributed by atoms with van der Waals surface area (Å²) in [6.45, 7) is 5.21. The van der Waals surface area contributed by atoms with Gasteiger partial charge in [-0.3, -0.25) is 0 Å². The van der Waals surface area contributed by atoms with Crippen LogP contribution in [0.2, 0.25) is 0 Å². The van der Waals surface area contributed by atoms with Crippen molar-refractivity contribution in [1.29, 1.82) is 0 Å². The minimum atomic E-state index is -0.360. The summed E-state index contributed by atoms with van der Waals surface area (Å²) >= 11 is 0. The van der Waals surface area contributed by atoms with E-state index >= 15 is 0 Å². The lowest BCUT2D eigenvalue weighted by Gasteiger charge is -2.29. The van der Waals surface area contributed by atoms with Gasteiger partial charge in [0, 0.05) is 36.1 Å². The van der Waals surface area contributed by atoms with Crippen molar-refractivity contribution in [2.75, 3.05) is 36.5 Å². The summed E-state index contributed by atoms with van der Waals surface area (Å²) in [4.78, 5) is 10.7. The summed E-state index contributed by atoms with van der Waals surface area (Å²) < 4.78 is 26.0. The van der Waals surface area contributed by atoms with E-state index < -0.39 is 0 Å². The summed E-state index contributed by atoms with van der Waals surface area (Å²) in [5.41, 5.74) is 4.74. The van der Waals surface area contributed by atoms with Gasteiger partial charge in [-0.05, 0) is 43.2 Å². The minimum Gasteiger partial charge on any atom is -0.436 e. The second-order valence-electron chi connectivity index (χ2n) is 7.74. The van der Waals surface area contributed by atoms with E-state index in [-0.39, 0.29) is 17.4 Å². The number of benzene rings is 2. The van der Waals surface area contributed by atoms with Crippen molar-refractivity contribution in [3.63, 3.8) is 0 Å². The topological polar surface area (TPSA) is 59.5 Å². The number of fused-ring (bicyclic) bond motifs is 1. The Morgan fingerprint density at radius 1 is 1.10 bits per heavy atom. The molecule has 7 heteroatoms. The molecule has 2 aromatic carbocycles. The van der Waals surface area contributed by atoms with Crippen LogP contribution in [0.25, 0.3) is 6.08 Å². The van der Waals surface area contributed by atoms with Crippen molar-refractivity contribution in [3.8, 4) is 11.6 Å². The number of halogens is 1. The predicted octanol–water partition coefficient (Wildman–Crippen LogP) is 4.95. The van der Waals surface area contributed by atoms with Crippen LogP contribution in [0.15, 0.2) is 54.4 Å². The Hall–Kier alpha value is -3.45. The van der Waals surface area contributed by atoms with Crippen LogP contribution in [-0.4, -0.2) is 36.3 Å². The van der Waals surface area contributed by atoms with Crippen LogP contribution in [-0.2, 0) is 11.2 Å². The van der Waals surface area contributed by atoms with Crippen molar-refractivity contribution in [2.45, 2.75) is 13.3 Å². The first-order chi connectivity index (χ1) is 15.2. The number of hydrogen-bond acceptors (Lipinski definition) is 6. The van der Waals surface area contributed by atoms with Crippen LogP contribution in [0.5, 0.6) is 11.6 Å². The van der Waals surface area contributed by atoms with Crippen molar-refractivity contribution in [1.82, 2.24) is 9.97 Å². The molecular formula is C24H23FN4O2. The van der Waals surface area contributed by atoms with Gasteiger partial charge in [-0.25, -0.2) is 14.4 Å². The third kappa shape index (κ3) is 4.22. The summed E-state index contributed by atoms with van der Waals surface area (Å²) in [6, 6.07) is 13.3. The van der Waals surface area contributed by atoms with E-state index in [2.05, 4.69) is 32.3 Å². The summed E-state index contributed by atoms with van der Waals surface area (Å²) in [6.07, 6.45) is 4.04. The highest BCUT2D eigenvalue weighted by atomic mass is 19.1. The number of anilines is 3. The number of aromatic nitrogens is 2. The molecule has 0 bridgehead atoms. The molecule has 1 saturated heterocycles. The van der Waals surface area contributed by atoms with Crippen LogP contribution in [0.3, 0.4) is 0 Å². The predicted molar refractivity (Wildman–Crippen MR) is 119 cm³/mol. The number of hydrogen-bond donors (Lipinski definition) is 1. The van der Waals surface area contributed by atoms with Crippen molar-refractivity contribution < 1.29 is 13.9 Å². The normalized spacial score (nSPS) is 15.4. The number of allylic oxidation sites excluding steroid dienone is 1. The lowest BCUT2D eigenvalue weighted by Crippen LogP contribution is -2.36. The highest BCUT2D eigenvalue weighted by Gasteiger charge is 2.18. The number of rotatable bonds is 5. The molecular weight excluding hydrogens is 395 g/mol. The average Bonchev–Trinajstić information content (AvgIpc) is 3.18. The molecule has 2 aliphatic rings. The van der Waals surface area contributed by atoms with Crippen LogP contribution < -0.4 is 15.0 Å². The Morgan fingerprint density at radius 2 is 1.97 bits per heavy atom. The van der Waals surface area contributed by atoms with Crippen LogP contribution in [0.1, 0.15) is 18.1 Å². The molecule has 0 amide bonds. The third-order valence-corrected chi connectivity index (χ3v) is 5.45. The van der Waals surface area contributed by atoms with Crippen molar-refractivity contribution in [3.05, 3.63) is 71.3 Å². The van der Waals surface area contributed by atoms with E-state index in [0.717, 1.165) is 55.2 Å². The zero-order chi connectivity index (χ0) is 21.2. The molecule has 6 nitrogen and oxygen atoms in total. The van der Waals surface area contributed by atoms with E-state index in [1.54, 1.807) is 12.1 Å². The smallest absolute Gasteiger partial charge is 0.224 e. The van der Waals surface area contributed by atoms with Crippen LogP contribution >= 0.6 is 0 Å². The molecule has 1 N–H and O–H groups in total. The van der Waals surface area contributed by atoms with Gasteiger partial charge in [-0.2, -0.15) is 0 Å². The van der Waals surface area contributed by atoms with E-state index in [0.29, 0.717) is 11.4 Å². The Balaban J connectivity index is 1.33. The summed E-state index contributed by atoms with van der Waals surface area (Å²) in [5, 5.41) is 3.28. The minimum absolute atomic E-state index is 0.156. The molecule has 2 heterocycles. The van der Waals surface area contributed by atoms with E-state index in [4.69, 9.17) is 9.47 Å². The van der Waals surface area contributed by atoms with Gasteiger partial charge in [-0.15, -0.1) is 0 Å². The van der Waals surface area contributed by atoms with Crippen molar-refractivity contribution in [2.24, 2.45) is 0 Å². The van der Waals surface area contributed by atoms with Gasteiger partial charge in [0.25, 0.3) is 0 Å². The fraction of sp³-hybridized carbons (Fsp3) is 0.250. The third-order valence-electron chi connectivity index (χ3n) is 5.45. The fourth-order valence-corrected chi connectivity index (χ4v) is 3.93. The van der Waals surface area contributed by atoms with E-state index in [1.807, 2.05) is 31.2 Å². The largest absolute Gasteiger partial charge is 0.436 e. The van der Waals surface area contributed by atoms with Crippen LogP contribution in [0.4, 0.5) is 21.6 Å². The second-order valence-corrected chi connectivity index (χ2v) is 7.74. The van der Waals surface area contributed by atoms with Gasteiger partial charge >= 0.3 is 0 Å². The van der Waals surface area contributed by atoms with E-state index in [9.17, 15) is 4.39 Å². The molecule has 0 atom stereocenters. The van der Waals surface area contributed by atoms with Gasteiger partial charge in [0.15, 0.2) is 11.6 Å². The monoisotopic (exact) mass is 418 g/mol. The molecule has 31 heavy (non-hydrogen) atoms. The zero-order valence-electron chi connectivity index (χ0n) is 17.3. The standard InChI is InChI=1S/C24H23FN4O2/c1-16-11-17-5-6-21(24(25)20(17)12-16)31-23-14-22(26-15-27-23)28-18-3-2-4-19(13-18)29-7-9-30-10-8-29/h2-6,12-15H,7-11H2,1H3,(H,26,27,28). The fourth-order valence-electron chi connectivity index (χ4n) is 3.93. The first-order valence-electron chi connectivity index (χ1n) is 10.3. The summed E-state index contributed by atoms with van der Waals surface area (Å²) in [5.74, 6) is 0.644. The molecule has 0 radical (unpaired) electrons.